The van der Waals surface area contributed by atoms with Crippen LogP contribution in [0.2, 0.25) is 0 Å². The second-order valence-corrected chi connectivity index (χ2v) is 3.78. The summed E-state index contributed by atoms with van der Waals surface area (Å²) in [7, 11) is 0. The van der Waals surface area contributed by atoms with Gasteiger partial charge < -0.3 is 16.3 Å². The molecule has 1 aromatic rings. The molecule has 0 bridgehead atoms. The van der Waals surface area contributed by atoms with Crippen LogP contribution in [0.25, 0.3) is 0 Å². The molecule has 17 heavy (non-hydrogen) atoms. The Morgan fingerprint density at radius 1 is 1.65 bits per heavy atom. The van der Waals surface area contributed by atoms with E-state index in [0.29, 0.717) is 17.8 Å². The molecule has 0 fully saturated rings. The molecule has 0 aliphatic heterocycles. The lowest BCUT2D eigenvalue weighted by molar-refractivity contribution is -0.118. The maximum atomic E-state index is 11.9. The first-order valence-electron chi connectivity index (χ1n) is 5.31. The van der Waals surface area contributed by atoms with Gasteiger partial charge in [-0.1, -0.05) is 12.1 Å². The van der Waals surface area contributed by atoms with Gasteiger partial charge in [0.05, 0.1) is 23.0 Å². The summed E-state index contributed by atoms with van der Waals surface area (Å²) in [4.78, 5) is 11.9. The van der Waals surface area contributed by atoms with Crippen LogP contribution in [0.1, 0.15) is 24.7 Å². The van der Waals surface area contributed by atoms with Crippen molar-refractivity contribution in [3.63, 3.8) is 0 Å². The van der Waals surface area contributed by atoms with E-state index in [2.05, 4.69) is 20.7 Å². The zero-order valence-corrected chi connectivity index (χ0v) is 10.1. The molecule has 0 saturated carbocycles. The number of aromatic amines is 1. The molecule has 1 heterocycles. The highest BCUT2D eigenvalue weighted by atomic mass is 16.4. The van der Waals surface area contributed by atoms with E-state index in [4.69, 9.17) is 10.9 Å². The monoisotopic (exact) mass is 239 g/mol. The fourth-order valence-corrected chi connectivity index (χ4v) is 1.54. The van der Waals surface area contributed by atoms with Gasteiger partial charge in [-0.15, -0.1) is 0 Å². The average Bonchev–Trinajstić information content (AvgIpc) is 2.61. The summed E-state index contributed by atoms with van der Waals surface area (Å²) in [6.45, 7) is 5.38. The lowest BCUT2D eigenvalue weighted by Gasteiger charge is -2.13. The molecule has 1 amide bonds. The number of anilines is 1. The molecular weight excluding hydrogens is 222 g/mol. The van der Waals surface area contributed by atoms with E-state index < -0.39 is 5.92 Å². The Balaban J connectivity index is 2.85. The molecule has 0 aliphatic rings. The van der Waals surface area contributed by atoms with Gasteiger partial charge in [0.2, 0.25) is 5.91 Å². The van der Waals surface area contributed by atoms with E-state index in [1.54, 1.807) is 20.8 Å². The zero-order valence-electron chi connectivity index (χ0n) is 10.1. The predicted molar refractivity (Wildman–Crippen MR) is 63.9 cm³/mol. The lowest BCUT2D eigenvalue weighted by atomic mass is 10.0. The molecular formula is C10H17N5O2. The molecule has 7 heteroatoms. The Morgan fingerprint density at radius 2 is 2.29 bits per heavy atom. The minimum atomic E-state index is -0.645. The number of nitrogens with zero attached hydrogens (tertiary/aromatic N) is 2. The fraction of sp³-hybridized carbons (Fsp3) is 0.500. The molecule has 0 radical (unpaired) electrons. The number of nitrogens with two attached hydrogens (primary N) is 1. The SMILES string of the molecule is CCC(C(=O)Nc1c(C)n[nH]c1C)C(N)=NO. The maximum absolute atomic E-state index is 11.9. The Kier molecular flexibility index (Phi) is 4.08. The van der Waals surface area contributed by atoms with Gasteiger partial charge in [0.25, 0.3) is 0 Å². The van der Waals surface area contributed by atoms with Crippen molar-refractivity contribution in [3.05, 3.63) is 11.4 Å². The van der Waals surface area contributed by atoms with Crippen molar-refractivity contribution in [2.75, 3.05) is 5.32 Å². The number of carbonyl (C=O) groups is 1. The molecule has 0 aliphatic carbocycles. The van der Waals surface area contributed by atoms with Crippen LogP contribution in [-0.2, 0) is 4.79 Å². The average molecular weight is 239 g/mol. The highest BCUT2D eigenvalue weighted by molar-refractivity contribution is 6.08. The normalized spacial score (nSPS) is 13.5. The van der Waals surface area contributed by atoms with Gasteiger partial charge in [-0.2, -0.15) is 5.10 Å². The minimum Gasteiger partial charge on any atom is -0.409 e. The van der Waals surface area contributed by atoms with Gasteiger partial charge in [-0.05, 0) is 20.3 Å². The van der Waals surface area contributed by atoms with Crippen LogP contribution in [0.3, 0.4) is 0 Å². The van der Waals surface area contributed by atoms with Gasteiger partial charge in [0.15, 0.2) is 5.84 Å². The smallest absolute Gasteiger partial charge is 0.235 e. The summed E-state index contributed by atoms with van der Waals surface area (Å²) in [5, 5.41) is 20.9. The van der Waals surface area contributed by atoms with E-state index in [-0.39, 0.29) is 11.7 Å². The van der Waals surface area contributed by atoms with E-state index in [0.717, 1.165) is 5.69 Å². The summed E-state index contributed by atoms with van der Waals surface area (Å²) in [5.74, 6) is -1.05. The molecule has 1 rings (SSSR count). The number of nitrogens with one attached hydrogen (secondary N) is 2. The standard InChI is InChI=1S/C10H17N5O2/c1-4-7(9(11)15-17)10(16)12-8-5(2)13-14-6(8)3/h7,17H,4H2,1-3H3,(H2,11,15)(H,12,16)(H,13,14). The quantitative estimate of drug-likeness (QED) is 0.268. The van der Waals surface area contributed by atoms with E-state index in [1.807, 2.05) is 0 Å². The Bertz CT molecular complexity index is 418. The van der Waals surface area contributed by atoms with Crippen molar-refractivity contribution in [1.29, 1.82) is 0 Å². The van der Waals surface area contributed by atoms with Gasteiger partial charge in [0, 0.05) is 0 Å². The van der Waals surface area contributed by atoms with Crippen molar-refractivity contribution in [3.8, 4) is 0 Å². The Hall–Kier alpha value is -2.05. The molecule has 0 spiro atoms. The number of amides is 1. The predicted octanol–water partition coefficient (Wildman–Crippen LogP) is 0.738. The molecule has 0 aromatic carbocycles. The zero-order chi connectivity index (χ0) is 13.0. The Morgan fingerprint density at radius 3 is 2.71 bits per heavy atom. The number of oxime groups is 1. The van der Waals surface area contributed by atoms with Crippen LogP contribution >= 0.6 is 0 Å². The number of aromatic nitrogens is 2. The molecule has 0 saturated heterocycles. The summed E-state index contributed by atoms with van der Waals surface area (Å²) >= 11 is 0. The summed E-state index contributed by atoms with van der Waals surface area (Å²) in [6.07, 6.45) is 0.456. The topological polar surface area (TPSA) is 116 Å². The number of hydrogen-bond acceptors (Lipinski definition) is 4. The highest BCUT2D eigenvalue weighted by Gasteiger charge is 2.22. The van der Waals surface area contributed by atoms with Crippen LogP contribution in [0.15, 0.2) is 5.16 Å². The maximum Gasteiger partial charge on any atom is 0.235 e. The number of carbonyl (C=O) groups excluding carboxylic acids is 1. The van der Waals surface area contributed by atoms with Crippen LogP contribution in [0.4, 0.5) is 5.69 Å². The van der Waals surface area contributed by atoms with Crippen molar-refractivity contribution in [1.82, 2.24) is 10.2 Å². The van der Waals surface area contributed by atoms with Crippen LogP contribution in [0.5, 0.6) is 0 Å². The van der Waals surface area contributed by atoms with Crippen LogP contribution < -0.4 is 11.1 Å². The highest BCUT2D eigenvalue weighted by Crippen LogP contribution is 2.17. The first-order valence-corrected chi connectivity index (χ1v) is 5.31. The Labute approximate surface area is 99.1 Å². The third kappa shape index (κ3) is 2.74. The van der Waals surface area contributed by atoms with Crippen molar-refractivity contribution in [2.45, 2.75) is 27.2 Å². The van der Waals surface area contributed by atoms with E-state index in [1.165, 1.54) is 0 Å². The third-order valence-electron chi connectivity index (χ3n) is 2.57. The fourth-order valence-electron chi connectivity index (χ4n) is 1.54. The molecule has 7 nitrogen and oxygen atoms in total. The number of hydrogen-bond donors (Lipinski definition) is 4. The number of rotatable bonds is 4. The van der Waals surface area contributed by atoms with Crippen LogP contribution in [0, 0.1) is 19.8 Å². The molecule has 1 atom stereocenters. The molecule has 1 aromatic heterocycles. The summed E-state index contributed by atoms with van der Waals surface area (Å²) in [5.41, 5.74) is 7.56. The van der Waals surface area contributed by atoms with Crippen molar-refractivity contribution < 1.29 is 10.0 Å². The number of H-pyrrole nitrogens is 1. The number of amidine groups is 1. The second-order valence-electron chi connectivity index (χ2n) is 3.78. The van der Waals surface area contributed by atoms with E-state index in [9.17, 15) is 4.79 Å². The van der Waals surface area contributed by atoms with Gasteiger partial charge in [-0.3, -0.25) is 9.89 Å². The number of aryl methyl sites for hydroxylation is 2. The largest absolute Gasteiger partial charge is 0.409 e. The lowest BCUT2D eigenvalue weighted by Crippen LogP contribution is -2.34. The van der Waals surface area contributed by atoms with Crippen molar-refractivity contribution in [2.24, 2.45) is 16.8 Å². The van der Waals surface area contributed by atoms with Gasteiger partial charge in [0.1, 0.15) is 0 Å². The molecule has 94 valence electrons. The van der Waals surface area contributed by atoms with Gasteiger partial charge >= 0.3 is 0 Å². The van der Waals surface area contributed by atoms with Crippen LogP contribution in [-0.4, -0.2) is 27.1 Å². The molecule has 1 unspecified atom stereocenters. The van der Waals surface area contributed by atoms with Crippen molar-refractivity contribution >= 4 is 17.4 Å². The summed E-state index contributed by atoms with van der Waals surface area (Å²) in [6, 6.07) is 0. The first-order chi connectivity index (χ1) is 8.01. The van der Waals surface area contributed by atoms with Gasteiger partial charge in [-0.25, -0.2) is 0 Å². The minimum absolute atomic E-state index is 0.0937. The third-order valence-corrected chi connectivity index (χ3v) is 2.57. The molecule has 5 N–H and O–H groups in total. The summed E-state index contributed by atoms with van der Waals surface area (Å²) < 4.78 is 0. The second kappa shape index (κ2) is 5.33. The first kappa shape index (κ1) is 13.0. The van der Waals surface area contributed by atoms with E-state index >= 15 is 0 Å².